The lowest BCUT2D eigenvalue weighted by Crippen LogP contribution is -2.58. The third kappa shape index (κ3) is 3.02. The maximum atomic E-state index is 13.3. The van der Waals surface area contributed by atoms with E-state index in [1.165, 1.54) is 12.1 Å². The van der Waals surface area contributed by atoms with E-state index in [2.05, 4.69) is 35.8 Å². The molecule has 0 bridgehead atoms. The van der Waals surface area contributed by atoms with Gasteiger partial charge in [-0.1, -0.05) is 6.92 Å². The lowest BCUT2D eigenvalue weighted by Gasteiger charge is -2.50. The van der Waals surface area contributed by atoms with Gasteiger partial charge in [0.05, 0.1) is 18.6 Å². The maximum Gasteiger partial charge on any atom is 0.311 e. The van der Waals surface area contributed by atoms with Crippen LogP contribution in [0.2, 0.25) is 0 Å². The second-order valence-electron chi connectivity index (χ2n) is 11.0. The number of benzene rings is 1. The summed E-state index contributed by atoms with van der Waals surface area (Å²) in [6.45, 7) is 9.32. The van der Waals surface area contributed by atoms with Gasteiger partial charge >= 0.3 is 5.97 Å². The summed E-state index contributed by atoms with van der Waals surface area (Å²) < 4.78 is 17.9. The summed E-state index contributed by atoms with van der Waals surface area (Å²) in [6, 6.07) is 8.30. The highest BCUT2D eigenvalue weighted by Crippen LogP contribution is 2.66. The Hall–Kier alpha value is -1.79. The minimum atomic E-state index is -0.364. The van der Waals surface area contributed by atoms with Crippen molar-refractivity contribution in [2.75, 3.05) is 44.7 Å². The molecule has 5 fully saturated rings. The SMILES string of the molecule is COc1ccc(N2CCN(C[C@@H]3C(=O)O[C@]45[C@H](CC[C@@]6(C)O[C@H]46)[C@@H](C)CC[C@@H]35)CC2)cc1. The summed E-state index contributed by atoms with van der Waals surface area (Å²) in [5.41, 5.74) is 0.809. The van der Waals surface area contributed by atoms with Crippen LogP contribution in [-0.4, -0.2) is 68.0 Å². The number of anilines is 1. The first-order valence-electron chi connectivity index (χ1n) is 12.5. The summed E-state index contributed by atoms with van der Waals surface area (Å²) in [7, 11) is 1.70. The number of rotatable bonds is 4. The molecule has 6 rings (SSSR count). The molecule has 0 aromatic heterocycles. The summed E-state index contributed by atoms with van der Waals surface area (Å²) in [5.74, 6) is 2.29. The molecule has 3 heterocycles. The third-order valence-corrected chi connectivity index (χ3v) is 9.36. The van der Waals surface area contributed by atoms with Crippen LogP contribution in [0.15, 0.2) is 24.3 Å². The van der Waals surface area contributed by atoms with Crippen LogP contribution in [0.4, 0.5) is 5.69 Å². The normalized spacial score (nSPS) is 43.2. The van der Waals surface area contributed by atoms with Crippen molar-refractivity contribution in [3.63, 3.8) is 0 Å². The van der Waals surface area contributed by atoms with Crippen LogP contribution in [0.1, 0.15) is 39.5 Å². The second kappa shape index (κ2) is 7.36. The highest BCUT2D eigenvalue weighted by atomic mass is 16.7. The summed E-state index contributed by atoms with van der Waals surface area (Å²) in [6.07, 6.45) is 4.65. The van der Waals surface area contributed by atoms with Gasteiger partial charge in [-0.3, -0.25) is 9.69 Å². The Morgan fingerprint density at radius 2 is 1.81 bits per heavy atom. The van der Waals surface area contributed by atoms with E-state index in [0.717, 1.165) is 57.7 Å². The zero-order valence-corrected chi connectivity index (χ0v) is 19.6. The number of fused-ring (bicyclic) bond motifs is 1. The van der Waals surface area contributed by atoms with Crippen LogP contribution >= 0.6 is 0 Å². The predicted octanol–water partition coefficient (Wildman–Crippen LogP) is 3.34. The van der Waals surface area contributed by atoms with Gasteiger partial charge in [-0.15, -0.1) is 0 Å². The molecule has 1 spiro atoms. The molecule has 6 heteroatoms. The van der Waals surface area contributed by atoms with Gasteiger partial charge in [-0.05, 0) is 62.8 Å². The van der Waals surface area contributed by atoms with E-state index in [1.807, 2.05) is 12.1 Å². The van der Waals surface area contributed by atoms with E-state index in [1.54, 1.807) is 7.11 Å². The molecule has 0 unspecified atom stereocenters. The number of methoxy groups -OCH3 is 1. The van der Waals surface area contributed by atoms with Crippen molar-refractivity contribution in [3.8, 4) is 5.75 Å². The monoisotopic (exact) mass is 440 g/mol. The van der Waals surface area contributed by atoms with Gasteiger partial charge in [0.25, 0.3) is 0 Å². The van der Waals surface area contributed by atoms with Crippen molar-refractivity contribution < 1.29 is 19.0 Å². The van der Waals surface area contributed by atoms with Crippen LogP contribution in [-0.2, 0) is 14.3 Å². The van der Waals surface area contributed by atoms with Crippen molar-refractivity contribution in [1.29, 1.82) is 0 Å². The van der Waals surface area contributed by atoms with Gasteiger partial charge < -0.3 is 19.1 Å². The Bertz CT molecular complexity index is 882. The van der Waals surface area contributed by atoms with Gasteiger partial charge in [0, 0.05) is 50.2 Å². The number of hydrogen-bond acceptors (Lipinski definition) is 6. The summed E-state index contributed by atoms with van der Waals surface area (Å²) in [4.78, 5) is 18.2. The van der Waals surface area contributed by atoms with Crippen molar-refractivity contribution in [2.45, 2.75) is 56.8 Å². The summed E-state index contributed by atoms with van der Waals surface area (Å²) >= 11 is 0. The lowest BCUT2D eigenvalue weighted by atomic mass is 9.55. The van der Waals surface area contributed by atoms with E-state index in [4.69, 9.17) is 14.2 Å². The highest BCUT2D eigenvalue weighted by molar-refractivity contribution is 5.77. The molecule has 174 valence electrons. The number of carbonyl (C=O) groups is 1. The molecule has 0 amide bonds. The van der Waals surface area contributed by atoms with E-state index in [-0.39, 0.29) is 29.2 Å². The Balaban J connectivity index is 1.14. The fraction of sp³-hybridized carbons (Fsp3) is 0.731. The Kier molecular flexibility index (Phi) is 4.78. The quantitative estimate of drug-likeness (QED) is 0.529. The third-order valence-electron chi connectivity index (χ3n) is 9.36. The molecule has 3 saturated heterocycles. The predicted molar refractivity (Wildman–Crippen MR) is 122 cm³/mol. The van der Waals surface area contributed by atoms with E-state index >= 15 is 0 Å². The molecule has 3 aliphatic heterocycles. The number of ether oxygens (including phenoxy) is 3. The molecule has 0 radical (unpaired) electrons. The number of piperazine rings is 1. The van der Waals surface area contributed by atoms with Crippen LogP contribution in [0.3, 0.4) is 0 Å². The fourth-order valence-corrected chi connectivity index (χ4v) is 7.52. The van der Waals surface area contributed by atoms with Crippen LogP contribution < -0.4 is 9.64 Å². The molecular weight excluding hydrogens is 404 g/mol. The zero-order chi connectivity index (χ0) is 22.1. The number of nitrogens with zero attached hydrogens (tertiary/aromatic N) is 2. The summed E-state index contributed by atoms with van der Waals surface area (Å²) in [5, 5.41) is 0. The molecular formula is C26H36N2O4. The zero-order valence-electron chi connectivity index (χ0n) is 19.6. The molecule has 2 aliphatic carbocycles. The number of esters is 1. The van der Waals surface area contributed by atoms with Crippen LogP contribution in [0.25, 0.3) is 0 Å². The molecule has 1 aromatic carbocycles. The minimum Gasteiger partial charge on any atom is -0.497 e. The van der Waals surface area contributed by atoms with Crippen molar-refractivity contribution in [2.24, 2.45) is 23.7 Å². The fourth-order valence-electron chi connectivity index (χ4n) is 7.52. The average molecular weight is 441 g/mol. The Morgan fingerprint density at radius 3 is 2.53 bits per heavy atom. The van der Waals surface area contributed by atoms with Crippen molar-refractivity contribution >= 4 is 11.7 Å². The standard InChI is InChI=1S/C26H36N2O4/c1-17-4-9-22-20(23(29)31-26(22)21(17)10-11-25(2)24(26)32-25)16-27-12-14-28(15-13-27)18-5-7-19(30-3)8-6-18/h5-8,17,20-22,24H,4,9-16H2,1-3H3/t17-,20-,21+,22-,24-,25+,26-/m0/s1. The highest BCUT2D eigenvalue weighted by Gasteiger charge is 2.77. The van der Waals surface area contributed by atoms with Crippen molar-refractivity contribution in [1.82, 2.24) is 4.90 Å². The van der Waals surface area contributed by atoms with Gasteiger partial charge in [0.1, 0.15) is 17.5 Å². The molecule has 5 aliphatic rings. The van der Waals surface area contributed by atoms with E-state index < -0.39 is 0 Å². The van der Waals surface area contributed by atoms with Crippen LogP contribution in [0.5, 0.6) is 5.75 Å². The first kappa shape index (κ1) is 20.8. The molecule has 6 nitrogen and oxygen atoms in total. The molecule has 2 saturated carbocycles. The topological polar surface area (TPSA) is 54.5 Å². The smallest absolute Gasteiger partial charge is 0.311 e. The number of hydrogen-bond donors (Lipinski definition) is 0. The Morgan fingerprint density at radius 1 is 1.06 bits per heavy atom. The van der Waals surface area contributed by atoms with Crippen LogP contribution in [0, 0.1) is 23.7 Å². The van der Waals surface area contributed by atoms with Gasteiger partial charge in [0.2, 0.25) is 0 Å². The average Bonchev–Trinajstić information content (AvgIpc) is 3.44. The number of carbonyl (C=O) groups excluding carboxylic acids is 1. The van der Waals surface area contributed by atoms with Gasteiger partial charge in [0.15, 0.2) is 0 Å². The van der Waals surface area contributed by atoms with Gasteiger partial charge in [-0.25, -0.2) is 0 Å². The first-order chi connectivity index (χ1) is 15.4. The number of epoxide rings is 1. The molecule has 1 aromatic rings. The molecule has 32 heavy (non-hydrogen) atoms. The van der Waals surface area contributed by atoms with E-state index in [0.29, 0.717) is 17.8 Å². The molecule has 0 N–H and O–H groups in total. The first-order valence-corrected chi connectivity index (χ1v) is 12.5. The Labute approximate surface area is 191 Å². The minimum absolute atomic E-state index is 0.0101. The van der Waals surface area contributed by atoms with Crippen molar-refractivity contribution in [3.05, 3.63) is 24.3 Å². The van der Waals surface area contributed by atoms with E-state index in [9.17, 15) is 4.79 Å². The van der Waals surface area contributed by atoms with Gasteiger partial charge in [-0.2, -0.15) is 0 Å². The molecule has 7 atom stereocenters. The largest absolute Gasteiger partial charge is 0.497 e. The second-order valence-corrected chi connectivity index (χ2v) is 11.0. The lowest BCUT2D eigenvalue weighted by molar-refractivity contribution is -0.168. The maximum absolute atomic E-state index is 13.3.